The highest BCUT2D eigenvalue weighted by atomic mass is 16.4. The molecular weight excluding hydrogens is 538 g/mol. The Kier molecular flexibility index (Phi) is 14.6. The lowest BCUT2D eigenvalue weighted by Gasteiger charge is -2.15. The van der Waals surface area contributed by atoms with Crippen molar-refractivity contribution >= 4 is 17.6 Å². The van der Waals surface area contributed by atoms with Crippen molar-refractivity contribution in [2.75, 3.05) is 5.32 Å². The van der Waals surface area contributed by atoms with Crippen molar-refractivity contribution < 1.29 is 14.7 Å². The molecule has 2 aromatic carbocycles. The highest BCUT2D eigenvalue weighted by molar-refractivity contribution is 5.95. The molecule has 43 heavy (non-hydrogen) atoms. The lowest BCUT2D eigenvalue weighted by molar-refractivity contribution is -0.140. The van der Waals surface area contributed by atoms with Crippen molar-refractivity contribution in [1.29, 1.82) is 0 Å². The summed E-state index contributed by atoms with van der Waals surface area (Å²) in [4.78, 5) is 37.4. The lowest BCUT2D eigenvalue weighted by Crippen LogP contribution is -2.24. The number of hydrogen-bond donors (Lipinski definition) is 2. The fourth-order valence-corrected chi connectivity index (χ4v) is 5.47. The van der Waals surface area contributed by atoms with Gasteiger partial charge in [0.2, 0.25) is 5.91 Å². The minimum absolute atomic E-state index is 0.153. The molecule has 0 radical (unpaired) electrons. The van der Waals surface area contributed by atoms with Gasteiger partial charge >= 0.3 is 5.97 Å². The largest absolute Gasteiger partial charge is 0.481 e. The predicted octanol–water partition coefficient (Wildman–Crippen LogP) is 8.52. The summed E-state index contributed by atoms with van der Waals surface area (Å²) >= 11 is 0. The molecule has 0 aliphatic heterocycles. The molecule has 3 aromatic rings. The summed E-state index contributed by atoms with van der Waals surface area (Å²) in [6.07, 6.45) is 19.4. The molecule has 0 fully saturated rings. The number of nitrogens with one attached hydrogen (secondary N) is 1. The molecule has 1 heterocycles. The summed E-state index contributed by atoms with van der Waals surface area (Å²) in [6, 6.07) is 18.3. The number of amides is 1. The Morgan fingerprint density at radius 1 is 0.837 bits per heavy atom. The molecule has 0 unspecified atom stereocenters. The Morgan fingerprint density at radius 2 is 1.49 bits per heavy atom. The number of benzene rings is 2. The lowest BCUT2D eigenvalue weighted by atomic mass is 9.99. The highest BCUT2D eigenvalue weighted by Crippen LogP contribution is 2.24. The molecule has 0 saturated carbocycles. The molecule has 0 aliphatic rings. The van der Waals surface area contributed by atoms with Crippen LogP contribution in [0.1, 0.15) is 96.8 Å². The molecule has 3 rings (SSSR count). The van der Waals surface area contributed by atoms with Crippen molar-refractivity contribution in [2.24, 2.45) is 13.0 Å². The first-order valence-corrected chi connectivity index (χ1v) is 16.0. The van der Waals surface area contributed by atoms with Crippen LogP contribution in [-0.2, 0) is 16.6 Å². The third-order valence-electron chi connectivity index (χ3n) is 7.90. The Labute approximate surface area is 256 Å². The van der Waals surface area contributed by atoms with Crippen molar-refractivity contribution in [3.8, 4) is 16.9 Å². The van der Waals surface area contributed by atoms with E-state index < -0.39 is 11.9 Å². The maximum Gasteiger partial charge on any atom is 0.304 e. The van der Waals surface area contributed by atoms with E-state index >= 15 is 0 Å². The van der Waals surface area contributed by atoms with E-state index in [0.29, 0.717) is 17.8 Å². The van der Waals surface area contributed by atoms with Crippen LogP contribution in [0, 0.1) is 5.92 Å². The minimum Gasteiger partial charge on any atom is -0.481 e. The molecule has 0 spiro atoms. The van der Waals surface area contributed by atoms with Crippen molar-refractivity contribution in [2.45, 2.75) is 96.8 Å². The van der Waals surface area contributed by atoms with Crippen LogP contribution < -0.4 is 10.9 Å². The number of allylic oxidation sites excluding steroid dienone is 2. The maximum atomic E-state index is 13.1. The predicted molar refractivity (Wildman–Crippen MR) is 176 cm³/mol. The average Bonchev–Trinajstić information content (AvgIpc) is 3.30. The number of carbonyl (C=O) groups excluding carboxylic acids is 1. The third-order valence-corrected chi connectivity index (χ3v) is 7.90. The number of nitrogens with zero attached hydrogens (tertiary/aromatic N) is 2. The Morgan fingerprint density at radius 3 is 2.14 bits per heavy atom. The van der Waals surface area contributed by atoms with Gasteiger partial charge in [0, 0.05) is 24.4 Å². The summed E-state index contributed by atoms with van der Waals surface area (Å²) in [6.45, 7) is 2.25. The second-order valence-corrected chi connectivity index (χ2v) is 11.4. The number of para-hydroxylation sites is 1. The molecule has 0 aliphatic carbocycles. The number of carboxylic acid groups (broad SMARTS) is 1. The van der Waals surface area contributed by atoms with Crippen molar-refractivity contribution in [3.05, 3.63) is 83.2 Å². The SMILES string of the molecule is CCCCCCCCCCCCC/C=C/C[C@@H](CC(=O)O)C(=O)Nc1cccc(-c2cc(=O)n(-c3ccccc3)n2C)c1. The van der Waals surface area contributed by atoms with Crippen LogP contribution >= 0.6 is 0 Å². The van der Waals surface area contributed by atoms with Gasteiger partial charge in [0.05, 0.1) is 23.7 Å². The van der Waals surface area contributed by atoms with Crippen molar-refractivity contribution in [1.82, 2.24) is 9.36 Å². The van der Waals surface area contributed by atoms with E-state index in [1.54, 1.807) is 21.5 Å². The molecule has 7 heteroatoms. The normalized spacial score (nSPS) is 12.0. The third kappa shape index (κ3) is 11.4. The monoisotopic (exact) mass is 587 g/mol. The molecule has 1 aromatic heterocycles. The van der Waals surface area contributed by atoms with Gasteiger partial charge in [0.1, 0.15) is 0 Å². The van der Waals surface area contributed by atoms with E-state index in [9.17, 15) is 19.5 Å². The zero-order valence-electron chi connectivity index (χ0n) is 26.0. The average molecular weight is 588 g/mol. The Bertz CT molecular complexity index is 1360. The molecule has 1 amide bonds. The fraction of sp³-hybridized carbons (Fsp3) is 0.472. The number of anilines is 1. The molecule has 0 saturated heterocycles. The number of aliphatic carboxylic acids is 1. The van der Waals surface area contributed by atoms with Gasteiger partial charge in [-0.25, -0.2) is 4.68 Å². The number of rotatable bonds is 20. The van der Waals surface area contributed by atoms with Gasteiger partial charge in [-0.15, -0.1) is 0 Å². The molecule has 1 atom stereocenters. The first kappa shape index (κ1) is 33.6. The van der Waals surface area contributed by atoms with Crippen LogP contribution in [0.2, 0.25) is 0 Å². The number of aromatic nitrogens is 2. The van der Waals surface area contributed by atoms with Crippen LogP contribution in [0.5, 0.6) is 0 Å². The fourth-order valence-electron chi connectivity index (χ4n) is 5.47. The number of hydrogen-bond acceptors (Lipinski definition) is 3. The highest BCUT2D eigenvalue weighted by Gasteiger charge is 2.21. The summed E-state index contributed by atoms with van der Waals surface area (Å²) in [7, 11) is 1.82. The zero-order valence-corrected chi connectivity index (χ0v) is 26.0. The molecule has 2 N–H and O–H groups in total. The quantitative estimate of drug-likeness (QED) is 0.102. The smallest absolute Gasteiger partial charge is 0.304 e. The van der Waals surface area contributed by atoms with E-state index in [1.807, 2.05) is 61.7 Å². The molecule has 0 bridgehead atoms. The van der Waals surface area contributed by atoms with Gasteiger partial charge < -0.3 is 10.4 Å². The van der Waals surface area contributed by atoms with E-state index in [-0.39, 0.29) is 17.9 Å². The van der Waals surface area contributed by atoms with Gasteiger partial charge in [-0.2, -0.15) is 0 Å². The zero-order chi connectivity index (χ0) is 30.9. The van der Waals surface area contributed by atoms with Crippen LogP contribution in [0.4, 0.5) is 5.69 Å². The topological polar surface area (TPSA) is 93.3 Å². The molecule has 7 nitrogen and oxygen atoms in total. The van der Waals surface area contributed by atoms with E-state index in [0.717, 1.165) is 24.1 Å². The van der Waals surface area contributed by atoms with Gasteiger partial charge in [-0.3, -0.25) is 19.1 Å². The van der Waals surface area contributed by atoms with E-state index in [4.69, 9.17) is 0 Å². The van der Waals surface area contributed by atoms with Gasteiger partial charge in [-0.05, 0) is 43.5 Å². The van der Waals surface area contributed by atoms with E-state index in [1.165, 1.54) is 64.2 Å². The second-order valence-electron chi connectivity index (χ2n) is 11.4. The van der Waals surface area contributed by atoms with Crippen molar-refractivity contribution in [3.63, 3.8) is 0 Å². The summed E-state index contributed by atoms with van der Waals surface area (Å²) in [5, 5.41) is 12.3. The summed E-state index contributed by atoms with van der Waals surface area (Å²) in [5.74, 6) is -1.99. The summed E-state index contributed by atoms with van der Waals surface area (Å²) in [5.41, 5.74) is 2.65. The molecule has 232 valence electrons. The first-order chi connectivity index (χ1) is 20.9. The minimum atomic E-state index is -0.995. The van der Waals surface area contributed by atoms with Gasteiger partial charge in [0.25, 0.3) is 5.56 Å². The second kappa shape index (κ2) is 18.6. The van der Waals surface area contributed by atoms with Gasteiger partial charge in [-0.1, -0.05) is 114 Å². The van der Waals surface area contributed by atoms with E-state index in [2.05, 4.69) is 18.3 Å². The molecular formula is C36H49N3O4. The maximum absolute atomic E-state index is 13.1. The number of carbonyl (C=O) groups is 2. The summed E-state index contributed by atoms with van der Waals surface area (Å²) < 4.78 is 3.37. The van der Waals surface area contributed by atoms with Gasteiger partial charge in [0.15, 0.2) is 0 Å². The van der Waals surface area contributed by atoms with Crippen LogP contribution in [-0.4, -0.2) is 26.3 Å². The Balaban J connectivity index is 1.48. The number of unbranched alkanes of at least 4 members (excludes halogenated alkanes) is 11. The standard InChI is InChI=1S/C36H49N3O4/c1-3-4-5-6-7-8-9-10-11-12-13-14-15-17-21-30(27-35(41)42)36(43)37-31-23-20-22-29(26-31)33-28-34(40)39(38(33)2)32-24-18-16-19-25-32/h15-20,22-26,28,30H,3-14,21,27H2,1-2H3,(H,37,43)(H,41,42)/b17-15+/t30-/m0/s1. The number of carboxylic acids is 1. The van der Waals surface area contributed by atoms with Crippen LogP contribution in [0.25, 0.3) is 16.9 Å². The first-order valence-electron chi connectivity index (χ1n) is 16.0. The Hall–Kier alpha value is -3.87. The van der Waals surface area contributed by atoms with Crippen LogP contribution in [0.15, 0.2) is 77.6 Å². The van der Waals surface area contributed by atoms with Crippen LogP contribution in [0.3, 0.4) is 0 Å².